The maximum atomic E-state index is 14.2. The number of pyridine rings is 1. The van der Waals surface area contributed by atoms with Crippen LogP contribution >= 0.6 is 11.3 Å². The molecule has 4 rings (SSSR count). The molecule has 2 heterocycles. The number of rotatable bonds is 6. The molecule has 0 N–H and O–H groups in total. The van der Waals surface area contributed by atoms with Gasteiger partial charge in [-0.3, -0.25) is 14.7 Å². The average molecular weight is 421 g/mol. The molecule has 2 aromatic heterocycles. The van der Waals surface area contributed by atoms with Gasteiger partial charge in [-0.1, -0.05) is 23.5 Å². The number of hydrogen-bond donors (Lipinski definition) is 0. The molecule has 0 fully saturated rings. The number of ether oxygens (including phenoxy) is 1. The fourth-order valence-electron chi connectivity index (χ4n) is 3.00. The van der Waals surface area contributed by atoms with Gasteiger partial charge in [0.2, 0.25) is 0 Å². The van der Waals surface area contributed by atoms with E-state index >= 15 is 0 Å². The van der Waals surface area contributed by atoms with E-state index in [-0.39, 0.29) is 24.1 Å². The molecule has 0 bridgehead atoms. The molecule has 2 aromatic carbocycles. The van der Waals surface area contributed by atoms with Crippen molar-refractivity contribution in [1.82, 2.24) is 9.97 Å². The third-order valence-electron chi connectivity index (χ3n) is 4.35. The van der Waals surface area contributed by atoms with Crippen molar-refractivity contribution in [2.75, 3.05) is 4.90 Å². The van der Waals surface area contributed by atoms with Gasteiger partial charge in [0.1, 0.15) is 17.1 Å². The minimum atomic E-state index is -0.407. The summed E-state index contributed by atoms with van der Waals surface area (Å²) in [6, 6.07) is 17.3. The highest BCUT2D eigenvalue weighted by atomic mass is 32.1. The summed E-state index contributed by atoms with van der Waals surface area (Å²) in [5.41, 5.74) is 1.46. The zero-order valence-electron chi connectivity index (χ0n) is 16.6. The highest BCUT2D eigenvalue weighted by Gasteiger charge is 2.23. The van der Waals surface area contributed by atoms with Crippen LogP contribution in [0.3, 0.4) is 0 Å². The molecular formula is C23H20FN3O2S. The van der Waals surface area contributed by atoms with Gasteiger partial charge in [-0.15, -0.1) is 0 Å². The van der Waals surface area contributed by atoms with Crippen LogP contribution in [0.2, 0.25) is 0 Å². The highest BCUT2D eigenvalue weighted by Crippen LogP contribution is 2.32. The van der Waals surface area contributed by atoms with E-state index in [0.29, 0.717) is 26.8 Å². The lowest BCUT2D eigenvalue weighted by Gasteiger charge is -2.20. The normalized spacial score (nSPS) is 11.1. The van der Waals surface area contributed by atoms with Crippen molar-refractivity contribution in [3.05, 3.63) is 83.9 Å². The minimum absolute atomic E-state index is 0.0462. The number of anilines is 1. The number of carbonyl (C=O) groups excluding carboxylic acids is 1. The molecule has 0 saturated heterocycles. The largest absolute Gasteiger partial charge is 0.491 e. The zero-order chi connectivity index (χ0) is 21.1. The topological polar surface area (TPSA) is 55.3 Å². The monoisotopic (exact) mass is 421 g/mol. The summed E-state index contributed by atoms with van der Waals surface area (Å²) in [4.78, 5) is 23.6. The number of nitrogens with zero attached hydrogens (tertiary/aromatic N) is 3. The Morgan fingerprint density at radius 3 is 2.57 bits per heavy atom. The van der Waals surface area contributed by atoms with Crippen molar-refractivity contribution in [2.24, 2.45) is 0 Å². The quantitative estimate of drug-likeness (QED) is 0.415. The van der Waals surface area contributed by atoms with E-state index in [1.54, 1.807) is 42.6 Å². The molecule has 0 saturated carbocycles. The standard InChI is InChI=1S/C23H20FN3O2S/c1-15(2)29-18-11-9-16(10-12-18)22(28)27(14-17-6-3-4-13-25-17)23-26-21-19(24)7-5-8-20(21)30-23/h3-13,15H,14H2,1-2H3. The van der Waals surface area contributed by atoms with Crippen molar-refractivity contribution in [1.29, 1.82) is 0 Å². The zero-order valence-corrected chi connectivity index (χ0v) is 17.4. The summed E-state index contributed by atoms with van der Waals surface area (Å²) < 4.78 is 20.5. The highest BCUT2D eigenvalue weighted by molar-refractivity contribution is 7.22. The van der Waals surface area contributed by atoms with Gasteiger partial charge in [-0.25, -0.2) is 9.37 Å². The van der Waals surface area contributed by atoms with Gasteiger partial charge in [0.05, 0.1) is 23.0 Å². The Morgan fingerprint density at radius 2 is 1.90 bits per heavy atom. The van der Waals surface area contributed by atoms with Crippen LogP contribution in [0.5, 0.6) is 5.75 Å². The Morgan fingerprint density at radius 1 is 1.10 bits per heavy atom. The predicted octanol–water partition coefficient (Wildman–Crippen LogP) is 5.46. The Bertz CT molecular complexity index is 1160. The van der Waals surface area contributed by atoms with Crippen LogP contribution in [0.1, 0.15) is 29.9 Å². The number of benzene rings is 2. The number of hydrogen-bond acceptors (Lipinski definition) is 5. The molecule has 1 amide bonds. The first-order valence-electron chi connectivity index (χ1n) is 9.55. The van der Waals surface area contributed by atoms with Crippen LogP contribution in [0.25, 0.3) is 10.2 Å². The van der Waals surface area contributed by atoms with Crippen molar-refractivity contribution in [3.8, 4) is 5.75 Å². The SMILES string of the molecule is CC(C)Oc1ccc(C(=O)N(Cc2ccccn2)c2nc3c(F)cccc3s2)cc1. The summed E-state index contributed by atoms with van der Waals surface area (Å²) in [6.07, 6.45) is 1.72. The maximum Gasteiger partial charge on any atom is 0.260 e. The van der Waals surface area contributed by atoms with Crippen LogP contribution < -0.4 is 9.64 Å². The summed E-state index contributed by atoms with van der Waals surface area (Å²) in [7, 11) is 0. The molecule has 4 aromatic rings. The van der Waals surface area contributed by atoms with E-state index in [9.17, 15) is 9.18 Å². The van der Waals surface area contributed by atoms with E-state index in [4.69, 9.17) is 4.74 Å². The first-order valence-corrected chi connectivity index (χ1v) is 10.4. The number of thiazole rings is 1. The van der Waals surface area contributed by atoms with Crippen molar-refractivity contribution < 1.29 is 13.9 Å². The molecule has 0 spiro atoms. The lowest BCUT2D eigenvalue weighted by atomic mass is 10.2. The second kappa shape index (κ2) is 8.59. The molecular weight excluding hydrogens is 401 g/mol. The molecule has 7 heteroatoms. The number of aromatic nitrogens is 2. The average Bonchev–Trinajstić information content (AvgIpc) is 3.18. The Kier molecular flexibility index (Phi) is 5.72. The van der Waals surface area contributed by atoms with Crippen LogP contribution in [-0.4, -0.2) is 22.0 Å². The third-order valence-corrected chi connectivity index (χ3v) is 5.40. The maximum absolute atomic E-state index is 14.2. The first-order chi connectivity index (χ1) is 14.5. The number of halogens is 1. The van der Waals surface area contributed by atoms with E-state index < -0.39 is 5.82 Å². The molecule has 0 aliphatic carbocycles. The fourth-order valence-corrected chi connectivity index (χ4v) is 3.98. The van der Waals surface area contributed by atoms with E-state index in [2.05, 4.69) is 9.97 Å². The van der Waals surface area contributed by atoms with E-state index in [0.717, 1.165) is 0 Å². The number of para-hydroxylation sites is 1. The van der Waals surface area contributed by atoms with Crippen molar-refractivity contribution in [3.63, 3.8) is 0 Å². The van der Waals surface area contributed by atoms with Gasteiger partial charge in [0, 0.05) is 11.8 Å². The molecule has 0 aliphatic rings. The summed E-state index contributed by atoms with van der Waals surface area (Å²) >= 11 is 1.27. The van der Waals surface area contributed by atoms with Crippen LogP contribution in [-0.2, 0) is 6.54 Å². The third kappa shape index (κ3) is 4.31. The smallest absolute Gasteiger partial charge is 0.260 e. The molecule has 0 radical (unpaired) electrons. The van der Waals surface area contributed by atoms with Crippen LogP contribution in [0.15, 0.2) is 66.9 Å². The second-order valence-corrected chi connectivity index (χ2v) is 8.00. The first kappa shape index (κ1) is 20.0. The van der Waals surface area contributed by atoms with Gasteiger partial charge in [0.25, 0.3) is 5.91 Å². The lowest BCUT2D eigenvalue weighted by molar-refractivity contribution is 0.0984. The van der Waals surface area contributed by atoms with Gasteiger partial charge in [0.15, 0.2) is 5.13 Å². The molecule has 152 valence electrons. The van der Waals surface area contributed by atoms with Crippen molar-refractivity contribution in [2.45, 2.75) is 26.5 Å². The molecule has 0 atom stereocenters. The summed E-state index contributed by atoms with van der Waals surface area (Å²) in [5, 5.41) is 0.424. The van der Waals surface area contributed by atoms with E-state index in [1.807, 2.05) is 32.0 Å². The van der Waals surface area contributed by atoms with Gasteiger partial charge in [-0.2, -0.15) is 0 Å². The lowest BCUT2D eigenvalue weighted by Crippen LogP contribution is -2.30. The number of amides is 1. The number of carbonyl (C=O) groups is 1. The van der Waals surface area contributed by atoms with E-state index in [1.165, 1.54) is 22.3 Å². The Balaban J connectivity index is 1.70. The van der Waals surface area contributed by atoms with Crippen molar-refractivity contribution >= 4 is 32.6 Å². The number of fused-ring (bicyclic) bond motifs is 1. The molecule has 30 heavy (non-hydrogen) atoms. The van der Waals surface area contributed by atoms with Gasteiger partial charge in [-0.05, 0) is 62.4 Å². The predicted molar refractivity (Wildman–Crippen MR) is 117 cm³/mol. The second-order valence-electron chi connectivity index (χ2n) is 6.99. The fraction of sp³-hybridized carbons (Fsp3) is 0.174. The molecule has 5 nitrogen and oxygen atoms in total. The molecule has 0 aliphatic heterocycles. The van der Waals surface area contributed by atoms with Crippen LogP contribution in [0.4, 0.5) is 9.52 Å². The minimum Gasteiger partial charge on any atom is -0.491 e. The van der Waals surface area contributed by atoms with Crippen LogP contribution in [0, 0.1) is 5.82 Å². The Labute approximate surface area is 177 Å². The summed E-state index contributed by atoms with van der Waals surface area (Å²) in [5.74, 6) is 0.0477. The van der Waals surface area contributed by atoms with Gasteiger partial charge < -0.3 is 4.74 Å². The molecule has 0 unspecified atom stereocenters. The van der Waals surface area contributed by atoms with Gasteiger partial charge >= 0.3 is 0 Å². The Hall–Kier alpha value is -3.32. The summed E-state index contributed by atoms with van der Waals surface area (Å²) in [6.45, 7) is 4.12.